The first kappa shape index (κ1) is 28.3. The summed E-state index contributed by atoms with van der Waals surface area (Å²) in [6.07, 6.45) is 2.96. The number of carboxylic acids is 2. The highest BCUT2D eigenvalue weighted by Crippen LogP contribution is 2.13. The van der Waals surface area contributed by atoms with Crippen LogP contribution in [0.3, 0.4) is 0 Å². The van der Waals surface area contributed by atoms with Gasteiger partial charge in [0.05, 0.1) is 29.1 Å². The summed E-state index contributed by atoms with van der Waals surface area (Å²) in [5.74, 6) is -2.56. The minimum atomic E-state index is -1.10. The van der Waals surface area contributed by atoms with Crippen molar-refractivity contribution >= 4 is 51.7 Å². The van der Waals surface area contributed by atoms with Crippen LogP contribution in [-0.4, -0.2) is 49.6 Å². The predicted molar refractivity (Wildman–Crippen MR) is 144 cm³/mol. The Morgan fingerprint density at radius 2 is 1.49 bits per heavy atom. The molecule has 0 saturated heterocycles. The highest BCUT2D eigenvalue weighted by atomic mass is 35.5. The summed E-state index contributed by atoms with van der Waals surface area (Å²) in [6.45, 7) is 0. The lowest BCUT2D eigenvalue weighted by molar-refractivity contribution is 0.0600. The number of rotatable bonds is 3. The van der Waals surface area contributed by atoms with E-state index < -0.39 is 17.9 Å². The number of carbonyl (C=O) groups is 3. The minimum absolute atomic E-state index is 0.0142. The summed E-state index contributed by atoms with van der Waals surface area (Å²) < 4.78 is 5.75. The van der Waals surface area contributed by atoms with Crippen molar-refractivity contribution in [1.82, 2.24) is 14.4 Å². The van der Waals surface area contributed by atoms with Crippen molar-refractivity contribution in [3.05, 3.63) is 117 Å². The van der Waals surface area contributed by atoms with Crippen LogP contribution in [0, 0.1) is 0 Å². The van der Waals surface area contributed by atoms with E-state index in [4.69, 9.17) is 27.5 Å². The van der Waals surface area contributed by atoms with E-state index in [1.165, 1.54) is 48.2 Å². The standard InChI is InChI=1S/C13H8N2O3.C8H9NO2.C6H4ClNO2/c16-12-8-4-1-2-6-10(8)14-11-9(13(17)18)5-3-7-15(11)12;1-11-8(10)6-4-2-3-5-7(6)9;7-5-4(6(9)10)2-1-3-8-5/h1-7H,(H,17,18);2-5H,9H2,1H3;1-3H,(H,9,10). The summed E-state index contributed by atoms with van der Waals surface area (Å²) in [5, 5.41) is 18.0. The van der Waals surface area contributed by atoms with Crippen molar-refractivity contribution in [2.45, 2.75) is 0 Å². The molecule has 0 atom stereocenters. The zero-order chi connectivity index (χ0) is 28.5. The molecule has 3 aromatic heterocycles. The van der Waals surface area contributed by atoms with E-state index in [-0.39, 0.29) is 27.5 Å². The molecule has 0 aliphatic rings. The van der Waals surface area contributed by atoms with Crippen LogP contribution < -0.4 is 11.3 Å². The van der Waals surface area contributed by atoms with E-state index in [0.29, 0.717) is 22.2 Å². The largest absolute Gasteiger partial charge is 0.478 e. The van der Waals surface area contributed by atoms with E-state index in [1.807, 2.05) is 0 Å². The second kappa shape index (κ2) is 12.8. The Labute approximate surface area is 225 Å². The number of carbonyl (C=O) groups excluding carboxylic acids is 1. The molecule has 0 aliphatic heterocycles. The van der Waals surface area contributed by atoms with Crippen LogP contribution in [0.5, 0.6) is 0 Å². The van der Waals surface area contributed by atoms with Gasteiger partial charge in [-0.3, -0.25) is 9.20 Å². The number of hydrogen-bond donors (Lipinski definition) is 3. The SMILES string of the molecule is COC(=O)c1ccccc1N.O=C(O)c1cccn2c(=O)c3ccccc3nc12.O=C(O)c1cccnc1Cl. The Bertz CT molecular complexity index is 1740. The molecule has 2 aromatic carbocycles. The number of nitrogen functional groups attached to an aromatic ring is 1. The predicted octanol–water partition coefficient (Wildman–Crippen LogP) is 4.03. The van der Waals surface area contributed by atoms with Gasteiger partial charge >= 0.3 is 17.9 Å². The molecule has 0 amide bonds. The first-order chi connectivity index (χ1) is 18.6. The first-order valence-corrected chi connectivity index (χ1v) is 11.4. The van der Waals surface area contributed by atoms with Gasteiger partial charge in [-0.2, -0.15) is 0 Å². The number of anilines is 1. The fourth-order valence-electron chi connectivity index (χ4n) is 3.28. The fourth-order valence-corrected chi connectivity index (χ4v) is 3.48. The Kier molecular flexibility index (Phi) is 9.28. The van der Waals surface area contributed by atoms with Crippen molar-refractivity contribution in [2.75, 3.05) is 12.8 Å². The maximum Gasteiger partial charge on any atom is 0.339 e. The van der Waals surface area contributed by atoms with E-state index in [1.54, 1.807) is 48.5 Å². The monoisotopic (exact) mass is 548 g/mol. The summed E-state index contributed by atoms with van der Waals surface area (Å²) in [6, 6.07) is 19.5. The van der Waals surface area contributed by atoms with Crippen LogP contribution in [0.15, 0.2) is 90.0 Å². The summed E-state index contributed by atoms with van der Waals surface area (Å²) in [5.41, 5.74) is 6.79. The number of aromatic carboxylic acids is 2. The number of nitrogens with two attached hydrogens (primary N) is 1. The molecular weight excluding hydrogens is 528 g/mol. The van der Waals surface area contributed by atoms with E-state index in [0.717, 1.165) is 0 Å². The third kappa shape index (κ3) is 6.73. The second-order valence-electron chi connectivity index (χ2n) is 7.58. The maximum atomic E-state index is 12.2. The second-order valence-corrected chi connectivity index (χ2v) is 7.94. The van der Waals surface area contributed by atoms with Gasteiger partial charge in [0, 0.05) is 18.1 Å². The quantitative estimate of drug-likeness (QED) is 0.129. The molecule has 11 nitrogen and oxygen atoms in total. The van der Waals surface area contributed by atoms with Gasteiger partial charge in [0.1, 0.15) is 10.7 Å². The van der Waals surface area contributed by atoms with Gasteiger partial charge in [0.15, 0.2) is 5.65 Å². The number of methoxy groups -OCH3 is 1. The Morgan fingerprint density at radius 1 is 0.872 bits per heavy atom. The normalized spacial score (nSPS) is 10.0. The van der Waals surface area contributed by atoms with Crippen LogP contribution in [0.4, 0.5) is 5.69 Å². The average Bonchev–Trinajstić information content (AvgIpc) is 2.93. The third-order valence-electron chi connectivity index (χ3n) is 5.13. The molecule has 3 heterocycles. The lowest BCUT2D eigenvalue weighted by atomic mass is 10.2. The number of hydrogen-bond acceptors (Lipinski definition) is 8. The summed E-state index contributed by atoms with van der Waals surface area (Å²) in [4.78, 5) is 52.4. The smallest absolute Gasteiger partial charge is 0.339 e. The van der Waals surface area contributed by atoms with Crippen LogP contribution in [0.25, 0.3) is 16.6 Å². The molecule has 198 valence electrons. The number of para-hydroxylation sites is 2. The summed E-state index contributed by atoms with van der Waals surface area (Å²) in [7, 11) is 1.33. The van der Waals surface area contributed by atoms with Gasteiger partial charge in [0.25, 0.3) is 5.56 Å². The van der Waals surface area contributed by atoms with Gasteiger partial charge in [-0.1, -0.05) is 35.9 Å². The molecule has 0 unspecified atom stereocenters. The van der Waals surface area contributed by atoms with Gasteiger partial charge in [-0.05, 0) is 48.5 Å². The Balaban J connectivity index is 0.000000173. The van der Waals surface area contributed by atoms with Gasteiger partial charge in [0.2, 0.25) is 0 Å². The van der Waals surface area contributed by atoms with E-state index in [2.05, 4.69) is 14.7 Å². The van der Waals surface area contributed by atoms with Crippen molar-refractivity contribution in [1.29, 1.82) is 0 Å². The molecular formula is C27H21ClN4O7. The van der Waals surface area contributed by atoms with Crippen molar-refractivity contribution in [3.8, 4) is 0 Å². The molecule has 0 aliphatic carbocycles. The van der Waals surface area contributed by atoms with Gasteiger partial charge < -0.3 is 20.7 Å². The first-order valence-electron chi connectivity index (χ1n) is 11.1. The van der Waals surface area contributed by atoms with Crippen LogP contribution in [-0.2, 0) is 4.74 Å². The van der Waals surface area contributed by atoms with E-state index in [9.17, 15) is 19.2 Å². The fraction of sp³-hybridized carbons (Fsp3) is 0.0370. The summed E-state index contributed by atoms with van der Waals surface area (Å²) >= 11 is 5.43. The number of fused-ring (bicyclic) bond motifs is 2. The highest BCUT2D eigenvalue weighted by molar-refractivity contribution is 6.32. The Morgan fingerprint density at radius 3 is 2.10 bits per heavy atom. The van der Waals surface area contributed by atoms with Crippen molar-refractivity contribution < 1.29 is 29.3 Å². The van der Waals surface area contributed by atoms with Crippen LogP contribution >= 0.6 is 11.6 Å². The van der Waals surface area contributed by atoms with E-state index >= 15 is 0 Å². The molecule has 0 bridgehead atoms. The molecule has 0 fully saturated rings. The highest BCUT2D eigenvalue weighted by Gasteiger charge is 2.12. The number of pyridine rings is 2. The number of halogens is 1. The maximum absolute atomic E-state index is 12.2. The number of carboxylic acid groups (broad SMARTS) is 2. The zero-order valence-corrected chi connectivity index (χ0v) is 21.1. The van der Waals surface area contributed by atoms with Crippen molar-refractivity contribution in [3.63, 3.8) is 0 Å². The van der Waals surface area contributed by atoms with Gasteiger partial charge in [-0.15, -0.1) is 0 Å². The number of aromatic nitrogens is 3. The number of esters is 1. The van der Waals surface area contributed by atoms with Crippen molar-refractivity contribution in [2.24, 2.45) is 0 Å². The molecule has 5 rings (SSSR count). The third-order valence-corrected chi connectivity index (χ3v) is 5.43. The number of nitrogens with zero attached hydrogens (tertiary/aromatic N) is 3. The lowest BCUT2D eigenvalue weighted by Gasteiger charge is -2.05. The average molecular weight is 549 g/mol. The molecule has 4 N–H and O–H groups in total. The molecule has 12 heteroatoms. The topological polar surface area (TPSA) is 174 Å². The lowest BCUT2D eigenvalue weighted by Crippen LogP contribution is -2.17. The molecule has 0 saturated carbocycles. The molecule has 0 radical (unpaired) electrons. The molecule has 39 heavy (non-hydrogen) atoms. The van der Waals surface area contributed by atoms with Gasteiger partial charge in [-0.25, -0.2) is 24.4 Å². The minimum Gasteiger partial charge on any atom is -0.478 e. The number of ether oxygens (including phenoxy) is 1. The Hall–Kier alpha value is -5.29. The van der Waals surface area contributed by atoms with Crippen LogP contribution in [0.2, 0.25) is 5.15 Å². The number of benzene rings is 2. The van der Waals surface area contributed by atoms with Crippen LogP contribution in [0.1, 0.15) is 31.1 Å². The molecule has 0 spiro atoms. The zero-order valence-electron chi connectivity index (χ0n) is 20.3. The molecule has 5 aromatic rings.